The summed E-state index contributed by atoms with van der Waals surface area (Å²) in [6.45, 7) is -2.94. The first-order chi connectivity index (χ1) is 5.49. The molecule has 1 aliphatic rings. The molecule has 0 heterocycles. The van der Waals surface area contributed by atoms with E-state index < -0.39 is 6.65 Å². The van der Waals surface area contributed by atoms with Crippen LogP contribution in [0.5, 0.6) is 0 Å². The van der Waals surface area contributed by atoms with Crippen LogP contribution in [0.3, 0.4) is 0 Å². The second-order valence-electron chi connectivity index (χ2n) is 3.09. The summed E-state index contributed by atoms with van der Waals surface area (Å²) < 4.78 is 11.1. The maximum absolute atomic E-state index is 11.1. The first-order valence-electron chi connectivity index (χ1n) is 3.99. The van der Waals surface area contributed by atoms with Crippen molar-refractivity contribution in [1.82, 2.24) is 0 Å². The van der Waals surface area contributed by atoms with E-state index in [9.17, 15) is 4.57 Å². The third-order valence-corrected chi connectivity index (χ3v) is 5.56. The molecule has 1 rings (SSSR count). The number of hydrogen-bond acceptors (Lipinski definition) is 2. The average Bonchev–Trinajstić information content (AvgIpc) is 1.91. The van der Waals surface area contributed by atoms with Gasteiger partial charge in [-0.05, 0) is 12.8 Å². The van der Waals surface area contributed by atoms with Gasteiger partial charge in [0.1, 0.15) is 0 Å². The van der Waals surface area contributed by atoms with Gasteiger partial charge in [0.25, 0.3) is 6.65 Å². The summed E-state index contributed by atoms with van der Waals surface area (Å²) in [6, 6.07) is 0. The highest BCUT2D eigenvalue weighted by Crippen LogP contribution is 2.50. The molecule has 1 aliphatic carbocycles. The number of hydrogen-bond donors (Lipinski definition) is 2. The monoisotopic (exact) mass is 228 g/mol. The van der Waals surface area contributed by atoms with Crippen molar-refractivity contribution in [2.75, 3.05) is 0 Å². The normalized spacial score (nSPS) is 31.9. The largest absolute Gasteiger partial charge is 0.277 e. The van der Waals surface area contributed by atoms with Crippen LogP contribution in [0.25, 0.3) is 0 Å². The quantitative estimate of drug-likeness (QED) is 0.562. The van der Waals surface area contributed by atoms with Gasteiger partial charge in [-0.2, -0.15) is 0 Å². The Labute approximate surface area is 81.8 Å². The Morgan fingerprint density at radius 3 is 2.42 bits per heavy atom. The van der Waals surface area contributed by atoms with Crippen LogP contribution < -0.4 is 11.0 Å². The van der Waals surface area contributed by atoms with Crippen LogP contribution in [-0.2, 0) is 4.57 Å². The average molecular weight is 229 g/mol. The Balaban J connectivity index is 2.44. The smallest absolute Gasteiger partial charge is 0.261 e. The first-order valence-corrected chi connectivity index (χ1v) is 7.75. The highest BCUT2D eigenvalue weighted by atomic mass is 35.5. The molecule has 0 radical (unpaired) electrons. The van der Waals surface area contributed by atoms with Crippen LogP contribution in [0.2, 0.25) is 0 Å². The van der Waals surface area contributed by atoms with Gasteiger partial charge in [0.2, 0.25) is 0 Å². The molecule has 0 aromatic heterocycles. The number of alkyl halides is 1. The molecule has 0 bridgehead atoms. The van der Waals surface area contributed by atoms with E-state index in [0.717, 1.165) is 37.1 Å². The van der Waals surface area contributed by atoms with E-state index >= 15 is 0 Å². The molecule has 1 saturated carbocycles. The van der Waals surface area contributed by atoms with Crippen molar-refractivity contribution in [3.8, 4) is 0 Å². The fourth-order valence-electron chi connectivity index (χ4n) is 1.38. The predicted octanol–water partition coefficient (Wildman–Crippen LogP) is 2.30. The molecule has 1 fully saturated rings. The molecule has 0 saturated heterocycles. The molecule has 0 aromatic rings. The van der Waals surface area contributed by atoms with Crippen LogP contribution in [0.4, 0.5) is 0 Å². The van der Waals surface area contributed by atoms with Crippen molar-refractivity contribution in [3.05, 3.63) is 0 Å². The maximum atomic E-state index is 11.1. The van der Waals surface area contributed by atoms with Crippen molar-refractivity contribution < 1.29 is 4.57 Å². The molecule has 0 amide bonds. The van der Waals surface area contributed by atoms with Gasteiger partial charge in [-0.25, -0.2) is 0 Å². The fourth-order valence-corrected chi connectivity index (χ4v) is 5.02. The third-order valence-electron chi connectivity index (χ3n) is 1.92. The van der Waals surface area contributed by atoms with E-state index in [0.29, 0.717) is 0 Å². The fraction of sp³-hybridized carbons (Fsp3) is 1.00. The van der Waals surface area contributed by atoms with Crippen molar-refractivity contribution >= 4 is 29.6 Å². The number of nitrogens with two attached hydrogens (primary N) is 2. The van der Waals surface area contributed by atoms with E-state index in [1.165, 1.54) is 0 Å². The van der Waals surface area contributed by atoms with E-state index in [4.69, 9.17) is 22.6 Å². The lowest BCUT2D eigenvalue weighted by atomic mass is 10.00. The minimum Gasteiger partial charge on any atom is -0.277 e. The van der Waals surface area contributed by atoms with E-state index in [1.54, 1.807) is 0 Å². The SMILES string of the molecule is NP(N)(=O)SC1CCCCC1Cl. The Morgan fingerprint density at radius 2 is 1.92 bits per heavy atom. The second kappa shape index (κ2) is 4.34. The molecular weight excluding hydrogens is 215 g/mol. The number of halogens is 1. The molecule has 6 heteroatoms. The molecule has 72 valence electrons. The summed E-state index contributed by atoms with van der Waals surface area (Å²) >= 11 is 7.20. The molecular formula is C6H14ClN2OPS. The van der Waals surface area contributed by atoms with Gasteiger partial charge in [0.05, 0.1) is 0 Å². The van der Waals surface area contributed by atoms with Gasteiger partial charge in [-0.1, -0.05) is 24.2 Å². The van der Waals surface area contributed by atoms with Crippen LogP contribution in [-0.4, -0.2) is 10.6 Å². The van der Waals surface area contributed by atoms with Gasteiger partial charge < -0.3 is 0 Å². The summed E-state index contributed by atoms with van der Waals surface area (Å²) in [5.74, 6) is 0. The standard InChI is InChI=1S/C6H14ClN2OPS/c7-5-3-1-2-4-6(5)12-11(8,9)10/h5-6H,1-4H2,(H4,8,9,10). The van der Waals surface area contributed by atoms with Crippen molar-refractivity contribution in [2.45, 2.75) is 36.3 Å². The Kier molecular flexibility index (Phi) is 3.93. The van der Waals surface area contributed by atoms with Crippen LogP contribution >= 0.6 is 29.6 Å². The highest BCUT2D eigenvalue weighted by molar-refractivity contribution is 8.57. The minimum atomic E-state index is -2.94. The van der Waals surface area contributed by atoms with Crippen molar-refractivity contribution in [1.29, 1.82) is 0 Å². The zero-order chi connectivity index (χ0) is 9.19. The molecule has 4 N–H and O–H groups in total. The lowest BCUT2D eigenvalue weighted by Gasteiger charge is -2.26. The lowest BCUT2D eigenvalue weighted by molar-refractivity contribution is 0.523. The van der Waals surface area contributed by atoms with Crippen LogP contribution in [0.15, 0.2) is 0 Å². The van der Waals surface area contributed by atoms with Crippen molar-refractivity contribution in [2.24, 2.45) is 11.0 Å². The van der Waals surface area contributed by atoms with Gasteiger partial charge >= 0.3 is 0 Å². The van der Waals surface area contributed by atoms with Crippen LogP contribution in [0.1, 0.15) is 25.7 Å². The number of rotatable bonds is 2. The molecule has 2 unspecified atom stereocenters. The summed E-state index contributed by atoms with van der Waals surface area (Å²) in [6.07, 6.45) is 4.27. The first kappa shape index (κ1) is 10.9. The lowest BCUT2D eigenvalue weighted by Crippen LogP contribution is -2.23. The summed E-state index contributed by atoms with van der Waals surface area (Å²) in [5.41, 5.74) is 10.5. The Bertz CT molecular complexity index is 198. The molecule has 0 aromatic carbocycles. The molecule has 3 nitrogen and oxygen atoms in total. The zero-order valence-electron chi connectivity index (χ0n) is 6.78. The maximum Gasteiger partial charge on any atom is 0.261 e. The van der Waals surface area contributed by atoms with Gasteiger partial charge in [0.15, 0.2) is 0 Å². The summed E-state index contributed by atoms with van der Waals surface area (Å²) in [4.78, 5) is 0. The topological polar surface area (TPSA) is 69.1 Å². The van der Waals surface area contributed by atoms with Gasteiger partial charge in [-0.15, -0.1) is 11.6 Å². The van der Waals surface area contributed by atoms with Gasteiger partial charge in [0, 0.05) is 10.6 Å². The minimum absolute atomic E-state index is 0.0872. The third kappa shape index (κ3) is 3.67. The zero-order valence-corrected chi connectivity index (χ0v) is 9.25. The van der Waals surface area contributed by atoms with E-state index in [-0.39, 0.29) is 10.6 Å². The second-order valence-corrected chi connectivity index (χ2v) is 8.10. The van der Waals surface area contributed by atoms with E-state index in [1.807, 2.05) is 0 Å². The van der Waals surface area contributed by atoms with Crippen molar-refractivity contribution in [3.63, 3.8) is 0 Å². The molecule has 2 atom stereocenters. The Morgan fingerprint density at radius 1 is 1.33 bits per heavy atom. The summed E-state index contributed by atoms with van der Waals surface area (Å²) in [5, 5.41) is 0.269. The molecule has 12 heavy (non-hydrogen) atoms. The van der Waals surface area contributed by atoms with E-state index in [2.05, 4.69) is 0 Å². The van der Waals surface area contributed by atoms with Gasteiger partial charge in [-0.3, -0.25) is 15.6 Å². The van der Waals surface area contributed by atoms with Crippen LogP contribution in [0, 0.1) is 0 Å². The molecule has 0 spiro atoms. The summed E-state index contributed by atoms with van der Waals surface area (Å²) in [7, 11) is 0. The molecule has 0 aliphatic heterocycles. The Hall–Kier alpha value is 0.790. The predicted molar refractivity (Wildman–Crippen MR) is 55.5 cm³/mol. The highest BCUT2D eigenvalue weighted by Gasteiger charge is 2.28.